The summed E-state index contributed by atoms with van der Waals surface area (Å²) in [5, 5.41) is 20.1. The van der Waals surface area contributed by atoms with E-state index in [9.17, 15) is 14.0 Å². The maximum absolute atomic E-state index is 13.5. The second-order valence-corrected chi connectivity index (χ2v) is 3.86. The van der Waals surface area contributed by atoms with Gasteiger partial charge in [-0.25, -0.2) is 14.2 Å². The summed E-state index contributed by atoms with van der Waals surface area (Å²) in [4.78, 5) is 26.0. The molecule has 0 aliphatic carbocycles. The number of hydrogen-bond acceptors (Lipinski definition) is 4. The molecule has 0 saturated heterocycles. The number of benzene rings is 1. The molecule has 0 aliphatic heterocycles. The third-order valence-corrected chi connectivity index (χ3v) is 2.44. The van der Waals surface area contributed by atoms with Crippen LogP contribution in [-0.2, 0) is 0 Å². The minimum atomic E-state index is -1.19. The number of carboxylic acid groups (broad SMARTS) is 1. The molecule has 6 nitrogen and oxygen atoms in total. The van der Waals surface area contributed by atoms with E-state index in [1.165, 1.54) is 18.2 Å². The van der Waals surface area contributed by atoms with E-state index < -0.39 is 17.7 Å². The number of halogens is 1. The summed E-state index contributed by atoms with van der Waals surface area (Å²) in [6.07, 6.45) is 1.15. The molecule has 2 rings (SSSR count). The lowest BCUT2D eigenvalue weighted by Gasteiger charge is -2.06. The number of aromatic carboxylic acids is 1. The van der Waals surface area contributed by atoms with Crippen LogP contribution in [0.25, 0.3) is 0 Å². The molecule has 1 amide bonds. The number of carboxylic acids is 1. The number of anilines is 1. The number of nitrogens with one attached hydrogen (secondary N) is 1. The van der Waals surface area contributed by atoms with Gasteiger partial charge in [0.2, 0.25) is 0 Å². The molecule has 0 bridgehead atoms. The molecule has 7 heteroatoms. The van der Waals surface area contributed by atoms with E-state index in [2.05, 4.69) is 10.3 Å². The SMILES string of the molecule is O=C(O)c1ccc(NC(=O)c2ccc(O)cc2F)cn1. The first-order valence-corrected chi connectivity index (χ1v) is 5.46. The molecule has 0 spiro atoms. The molecule has 0 aliphatic rings. The van der Waals surface area contributed by atoms with E-state index in [1.807, 2.05) is 0 Å². The molecule has 20 heavy (non-hydrogen) atoms. The van der Waals surface area contributed by atoms with Crippen molar-refractivity contribution in [3.63, 3.8) is 0 Å². The third-order valence-electron chi connectivity index (χ3n) is 2.44. The average Bonchev–Trinajstić information content (AvgIpc) is 2.39. The Kier molecular flexibility index (Phi) is 3.60. The van der Waals surface area contributed by atoms with Crippen molar-refractivity contribution in [2.24, 2.45) is 0 Å². The molecule has 0 unspecified atom stereocenters. The zero-order chi connectivity index (χ0) is 14.7. The number of nitrogens with zero attached hydrogens (tertiary/aromatic N) is 1. The zero-order valence-electron chi connectivity index (χ0n) is 10.0. The van der Waals surface area contributed by atoms with Crippen LogP contribution in [0, 0.1) is 5.82 Å². The number of aromatic nitrogens is 1. The summed E-state index contributed by atoms with van der Waals surface area (Å²) in [6, 6.07) is 5.70. The third kappa shape index (κ3) is 2.89. The van der Waals surface area contributed by atoms with E-state index in [-0.39, 0.29) is 22.7 Å². The van der Waals surface area contributed by atoms with Gasteiger partial charge in [0, 0.05) is 6.07 Å². The normalized spacial score (nSPS) is 10.1. The van der Waals surface area contributed by atoms with Gasteiger partial charge in [0.05, 0.1) is 17.4 Å². The van der Waals surface area contributed by atoms with Crippen LogP contribution in [0.1, 0.15) is 20.8 Å². The number of phenolic OH excluding ortho intramolecular Hbond substituents is 1. The molecule has 1 heterocycles. The van der Waals surface area contributed by atoms with Gasteiger partial charge in [-0.3, -0.25) is 4.79 Å². The standard InChI is InChI=1S/C13H9FN2O4/c14-10-5-8(17)2-3-9(10)12(18)16-7-1-4-11(13(19)20)15-6-7/h1-6,17H,(H,16,18)(H,19,20). The van der Waals surface area contributed by atoms with Crippen molar-refractivity contribution in [2.45, 2.75) is 0 Å². The summed E-state index contributed by atoms with van der Waals surface area (Å²) < 4.78 is 13.5. The fourth-order valence-electron chi connectivity index (χ4n) is 1.48. The van der Waals surface area contributed by atoms with Crippen LogP contribution in [0.4, 0.5) is 10.1 Å². The lowest BCUT2D eigenvalue weighted by atomic mass is 10.2. The molecule has 102 valence electrons. The monoisotopic (exact) mass is 276 g/mol. The van der Waals surface area contributed by atoms with Crippen molar-refractivity contribution in [3.8, 4) is 5.75 Å². The Bertz CT molecular complexity index is 671. The fourth-order valence-corrected chi connectivity index (χ4v) is 1.48. The van der Waals surface area contributed by atoms with Gasteiger partial charge in [-0.15, -0.1) is 0 Å². The lowest BCUT2D eigenvalue weighted by molar-refractivity contribution is 0.0690. The first-order valence-electron chi connectivity index (χ1n) is 5.46. The van der Waals surface area contributed by atoms with Crippen molar-refractivity contribution in [2.75, 3.05) is 5.32 Å². The highest BCUT2D eigenvalue weighted by Crippen LogP contribution is 2.16. The van der Waals surface area contributed by atoms with Gasteiger partial charge in [0.15, 0.2) is 0 Å². The Labute approximate surface area is 112 Å². The van der Waals surface area contributed by atoms with E-state index >= 15 is 0 Å². The fraction of sp³-hybridized carbons (Fsp3) is 0. The first kappa shape index (κ1) is 13.5. The first-order chi connectivity index (χ1) is 9.47. The Hall–Kier alpha value is -2.96. The maximum Gasteiger partial charge on any atom is 0.354 e. The zero-order valence-corrected chi connectivity index (χ0v) is 10.0. The molecule has 0 atom stereocenters. The van der Waals surface area contributed by atoms with Crippen LogP contribution in [0.3, 0.4) is 0 Å². The van der Waals surface area contributed by atoms with Crippen LogP contribution in [0.5, 0.6) is 5.75 Å². The second-order valence-electron chi connectivity index (χ2n) is 3.86. The van der Waals surface area contributed by atoms with E-state index in [0.717, 1.165) is 18.3 Å². The summed E-state index contributed by atoms with van der Waals surface area (Å²) in [5.74, 6) is -3.07. The smallest absolute Gasteiger partial charge is 0.354 e. The van der Waals surface area contributed by atoms with Crippen molar-refractivity contribution < 1.29 is 24.2 Å². The summed E-state index contributed by atoms with van der Waals surface area (Å²) in [5.41, 5.74) is -0.184. The average molecular weight is 276 g/mol. The van der Waals surface area contributed by atoms with Crippen molar-refractivity contribution in [3.05, 3.63) is 53.6 Å². The van der Waals surface area contributed by atoms with Gasteiger partial charge in [-0.1, -0.05) is 0 Å². The van der Waals surface area contributed by atoms with Crippen LogP contribution < -0.4 is 5.32 Å². The van der Waals surface area contributed by atoms with Crippen LogP contribution in [0.15, 0.2) is 36.5 Å². The highest BCUT2D eigenvalue weighted by atomic mass is 19.1. The molecule has 2 aromatic rings. The predicted octanol–water partition coefficient (Wildman–Crippen LogP) is 1.88. The molecule has 0 saturated carbocycles. The number of carbonyl (C=O) groups is 2. The minimum absolute atomic E-state index is 0.168. The Morgan fingerprint density at radius 2 is 1.95 bits per heavy atom. The van der Waals surface area contributed by atoms with Gasteiger partial charge in [-0.2, -0.15) is 0 Å². The quantitative estimate of drug-likeness (QED) is 0.794. The molecule has 1 aromatic heterocycles. The minimum Gasteiger partial charge on any atom is -0.508 e. The van der Waals surface area contributed by atoms with Crippen molar-refractivity contribution in [1.82, 2.24) is 4.98 Å². The summed E-state index contributed by atoms with van der Waals surface area (Å²) >= 11 is 0. The number of rotatable bonds is 3. The maximum atomic E-state index is 13.5. The second kappa shape index (κ2) is 5.35. The van der Waals surface area contributed by atoms with Gasteiger partial charge in [0.1, 0.15) is 17.3 Å². The van der Waals surface area contributed by atoms with E-state index in [0.29, 0.717) is 0 Å². The van der Waals surface area contributed by atoms with Gasteiger partial charge < -0.3 is 15.5 Å². The van der Waals surface area contributed by atoms with Crippen molar-refractivity contribution >= 4 is 17.6 Å². The van der Waals surface area contributed by atoms with Crippen LogP contribution >= 0.6 is 0 Å². The number of carbonyl (C=O) groups excluding carboxylic acids is 1. The van der Waals surface area contributed by atoms with Gasteiger partial charge in [-0.05, 0) is 24.3 Å². The Morgan fingerprint density at radius 3 is 2.50 bits per heavy atom. The molecular weight excluding hydrogens is 267 g/mol. The number of amides is 1. The Morgan fingerprint density at radius 1 is 1.20 bits per heavy atom. The van der Waals surface area contributed by atoms with Crippen LogP contribution in [-0.4, -0.2) is 27.1 Å². The molecular formula is C13H9FN2O4. The van der Waals surface area contributed by atoms with Crippen LogP contribution in [0.2, 0.25) is 0 Å². The number of pyridine rings is 1. The molecule has 1 aromatic carbocycles. The van der Waals surface area contributed by atoms with Crippen molar-refractivity contribution in [1.29, 1.82) is 0 Å². The van der Waals surface area contributed by atoms with Gasteiger partial charge in [0.25, 0.3) is 5.91 Å². The van der Waals surface area contributed by atoms with E-state index in [1.54, 1.807) is 0 Å². The highest BCUT2D eigenvalue weighted by Gasteiger charge is 2.13. The molecule has 3 N–H and O–H groups in total. The summed E-state index contributed by atoms with van der Waals surface area (Å²) in [7, 11) is 0. The number of phenols is 1. The van der Waals surface area contributed by atoms with E-state index in [4.69, 9.17) is 10.2 Å². The predicted molar refractivity (Wildman–Crippen MR) is 67.2 cm³/mol. The van der Waals surface area contributed by atoms with Gasteiger partial charge >= 0.3 is 5.97 Å². The Balaban J connectivity index is 2.17. The summed E-state index contributed by atoms with van der Waals surface area (Å²) in [6.45, 7) is 0. The number of hydrogen-bond donors (Lipinski definition) is 3. The molecule has 0 radical (unpaired) electrons. The number of aromatic hydroxyl groups is 1. The molecule has 0 fully saturated rings. The topological polar surface area (TPSA) is 99.5 Å². The highest BCUT2D eigenvalue weighted by molar-refractivity contribution is 6.04. The largest absolute Gasteiger partial charge is 0.508 e. The lowest BCUT2D eigenvalue weighted by Crippen LogP contribution is -2.14.